The summed E-state index contributed by atoms with van der Waals surface area (Å²) in [6, 6.07) is 16.7. The highest BCUT2D eigenvalue weighted by Gasteiger charge is 2.35. The van der Waals surface area contributed by atoms with E-state index in [-0.39, 0.29) is 18.0 Å². The fourth-order valence-corrected chi connectivity index (χ4v) is 3.92. The summed E-state index contributed by atoms with van der Waals surface area (Å²) in [5, 5.41) is 4.33. The second-order valence-corrected chi connectivity index (χ2v) is 6.72. The van der Waals surface area contributed by atoms with Crippen molar-refractivity contribution < 1.29 is 4.79 Å². The lowest BCUT2D eigenvalue weighted by atomic mass is 9.88. The molecule has 1 N–H and O–H groups in total. The first kappa shape index (κ1) is 14.6. The number of hydrogen-bond donors (Lipinski definition) is 1. The molecule has 0 unspecified atom stereocenters. The summed E-state index contributed by atoms with van der Waals surface area (Å²) >= 11 is 6.21. The summed E-state index contributed by atoms with van der Waals surface area (Å²) in [5.41, 5.74) is 3.48. The largest absolute Gasteiger partial charge is 0.378 e. The Balaban J connectivity index is 1.74. The predicted molar refractivity (Wildman–Crippen MR) is 92.6 cm³/mol. The molecule has 4 heteroatoms. The molecule has 2 heterocycles. The van der Waals surface area contributed by atoms with E-state index in [0.717, 1.165) is 35.7 Å². The number of halogens is 1. The lowest BCUT2D eigenvalue weighted by molar-refractivity contribution is -0.130. The van der Waals surface area contributed by atoms with Crippen LogP contribution in [0.4, 0.5) is 5.69 Å². The molecule has 2 aliphatic heterocycles. The molecular weight excluding hydrogens is 308 g/mol. The number of carbonyl (C=O) groups excluding carboxylic acids is 1. The van der Waals surface area contributed by atoms with Gasteiger partial charge < -0.3 is 10.2 Å². The van der Waals surface area contributed by atoms with Gasteiger partial charge in [0.15, 0.2) is 0 Å². The first-order valence-electron chi connectivity index (χ1n) is 8.13. The van der Waals surface area contributed by atoms with Gasteiger partial charge in [0.2, 0.25) is 5.91 Å². The van der Waals surface area contributed by atoms with Gasteiger partial charge in [-0.05, 0) is 42.2 Å². The highest BCUT2D eigenvalue weighted by Crippen LogP contribution is 2.44. The average Bonchev–Trinajstić information content (AvgIpc) is 3.00. The van der Waals surface area contributed by atoms with Crippen LogP contribution in [0.1, 0.15) is 42.5 Å². The maximum Gasteiger partial charge on any atom is 0.223 e. The van der Waals surface area contributed by atoms with Crippen molar-refractivity contribution in [2.75, 3.05) is 11.9 Å². The van der Waals surface area contributed by atoms with Gasteiger partial charge in [-0.15, -0.1) is 0 Å². The smallest absolute Gasteiger partial charge is 0.223 e. The second-order valence-electron chi connectivity index (χ2n) is 6.28. The van der Waals surface area contributed by atoms with Crippen LogP contribution in [0.5, 0.6) is 0 Å². The Morgan fingerprint density at radius 2 is 1.96 bits per heavy atom. The van der Waals surface area contributed by atoms with Crippen LogP contribution in [0.25, 0.3) is 0 Å². The maximum absolute atomic E-state index is 12.3. The van der Waals surface area contributed by atoms with Crippen molar-refractivity contribution in [3.8, 4) is 0 Å². The first-order chi connectivity index (χ1) is 11.2. The van der Waals surface area contributed by atoms with Crippen molar-refractivity contribution in [2.24, 2.45) is 0 Å². The molecule has 118 valence electrons. The van der Waals surface area contributed by atoms with E-state index in [2.05, 4.69) is 29.6 Å². The van der Waals surface area contributed by atoms with Crippen LogP contribution in [0.3, 0.4) is 0 Å². The van der Waals surface area contributed by atoms with Crippen molar-refractivity contribution in [3.05, 3.63) is 64.7 Å². The quantitative estimate of drug-likeness (QED) is 0.877. The molecule has 0 spiro atoms. The van der Waals surface area contributed by atoms with Gasteiger partial charge in [-0.25, -0.2) is 0 Å². The molecule has 1 amide bonds. The molecule has 23 heavy (non-hydrogen) atoms. The second kappa shape index (κ2) is 5.89. The molecule has 4 rings (SSSR count). The predicted octanol–water partition coefficient (Wildman–Crippen LogP) is 4.56. The van der Waals surface area contributed by atoms with E-state index in [9.17, 15) is 4.79 Å². The lowest BCUT2D eigenvalue weighted by Gasteiger charge is -2.38. The van der Waals surface area contributed by atoms with E-state index in [4.69, 9.17) is 11.6 Å². The lowest BCUT2D eigenvalue weighted by Crippen LogP contribution is -2.35. The topological polar surface area (TPSA) is 32.3 Å². The zero-order chi connectivity index (χ0) is 15.8. The highest BCUT2D eigenvalue weighted by molar-refractivity contribution is 6.30. The molecule has 0 bridgehead atoms. The first-order valence-corrected chi connectivity index (χ1v) is 8.50. The van der Waals surface area contributed by atoms with Crippen LogP contribution in [-0.4, -0.2) is 17.4 Å². The van der Waals surface area contributed by atoms with Crippen LogP contribution < -0.4 is 5.32 Å². The van der Waals surface area contributed by atoms with E-state index < -0.39 is 0 Å². The van der Waals surface area contributed by atoms with E-state index in [1.165, 1.54) is 5.56 Å². The normalized spacial score (nSPS) is 23.5. The van der Waals surface area contributed by atoms with Crippen LogP contribution in [-0.2, 0) is 4.79 Å². The Morgan fingerprint density at radius 1 is 1.13 bits per heavy atom. The van der Waals surface area contributed by atoms with E-state index >= 15 is 0 Å². The van der Waals surface area contributed by atoms with E-state index in [1.54, 1.807) is 0 Å². The molecule has 2 aliphatic rings. The summed E-state index contributed by atoms with van der Waals surface area (Å²) in [6.45, 7) is 0.844. The van der Waals surface area contributed by atoms with Crippen LogP contribution in [0.15, 0.2) is 48.5 Å². The summed E-state index contributed by atoms with van der Waals surface area (Å²) in [5.74, 6) is 0.259. The summed E-state index contributed by atoms with van der Waals surface area (Å²) in [6.07, 6.45) is 2.49. The van der Waals surface area contributed by atoms with Crippen molar-refractivity contribution in [1.82, 2.24) is 4.90 Å². The molecule has 3 nitrogen and oxygen atoms in total. The minimum atomic E-state index is 0.102. The molecule has 1 fully saturated rings. The number of fused-ring (bicyclic) bond motifs is 1. The zero-order valence-electron chi connectivity index (χ0n) is 12.8. The maximum atomic E-state index is 12.3. The van der Waals surface area contributed by atoms with E-state index in [0.29, 0.717) is 6.42 Å². The van der Waals surface area contributed by atoms with Gasteiger partial charge in [0.1, 0.15) is 0 Å². The molecule has 0 radical (unpaired) electrons. The zero-order valence-corrected chi connectivity index (χ0v) is 13.6. The van der Waals surface area contributed by atoms with Gasteiger partial charge >= 0.3 is 0 Å². The van der Waals surface area contributed by atoms with Crippen LogP contribution in [0.2, 0.25) is 5.02 Å². The van der Waals surface area contributed by atoms with Gasteiger partial charge in [0.05, 0.1) is 12.1 Å². The summed E-state index contributed by atoms with van der Waals surface area (Å²) < 4.78 is 0. The minimum absolute atomic E-state index is 0.102. The Labute approximate surface area is 141 Å². The molecule has 1 saturated heterocycles. The number of anilines is 1. The average molecular weight is 327 g/mol. The number of nitrogens with one attached hydrogen (secondary N) is 1. The van der Waals surface area contributed by atoms with Gasteiger partial charge in [-0.3, -0.25) is 4.79 Å². The number of amides is 1. The highest BCUT2D eigenvalue weighted by atomic mass is 35.5. The number of benzene rings is 2. The third-order valence-corrected chi connectivity index (χ3v) is 5.08. The van der Waals surface area contributed by atoms with Crippen molar-refractivity contribution in [3.63, 3.8) is 0 Å². The van der Waals surface area contributed by atoms with Crippen molar-refractivity contribution in [1.29, 1.82) is 0 Å². The SMILES string of the molecule is O=C1CCCN1[C@H]1C[C@@H](c2ccccc2)Nc2ccc(Cl)cc21. The van der Waals surface area contributed by atoms with Gasteiger partial charge in [-0.2, -0.15) is 0 Å². The molecular formula is C19H19ClN2O. The van der Waals surface area contributed by atoms with Gasteiger partial charge in [-0.1, -0.05) is 41.9 Å². The Kier molecular flexibility index (Phi) is 3.74. The van der Waals surface area contributed by atoms with Gasteiger partial charge in [0, 0.05) is 23.7 Å². The summed E-state index contributed by atoms with van der Waals surface area (Å²) in [4.78, 5) is 14.3. The fraction of sp³-hybridized carbons (Fsp3) is 0.316. The Bertz CT molecular complexity index is 731. The molecule has 0 aromatic heterocycles. The number of likely N-dealkylation sites (tertiary alicyclic amines) is 1. The van der Waals surface area contributed by atoms with Crippen LogP contribution >= 0.6 is 11.6 Å². The molecule has 2 atom stereocenters. The summed E-state index contributed by atoms with van der Waals surface area (Å²) in [7, 11) is 0. The Morgan fingerprint density at radius 3 is 2.70 bits per heavy atom. The monoisotopic (exact) mass is 326 g/mol. The van der Waals surface area contributed by atoms with Gasteiger partial charge in [0.25, 0.3) is 0 Å². The molecule has 2 aromatic rings. The molecule has 0 saturated carbocycles. The third-order valence-electron chi connectivity index (χ3n) is 4.85. The fourth-order valence-electron chi connectivity index (χ4n) is 3.74. The van der Waals surface area contributed by atoms with Crippen molar-refractivity contribution >= 4 is 23.2 Å². The number of rotatable bonds is 2. The van der Waals surface area contributed by atoms with Crippen molar-refractivity contribution in [2.45, 2.75) is 31.3 Å². The van der Waals surface area contributed by atoms with Crippen LogP contribution in [0, 0.1) is 0 Å². The number of carbonyl (C=O) groups is 1. The minimum Gasteiger partial charge on any atom is -0.378 e. The molecule has 0 aliphatic carbocycles. The standard InChI is InChI=1S/C19H19ClN2O/c20-14-8-9-16-15(11-14)18(22-10-4-7-19(22)23)12-17(21-16)13-5-2-1-3-6-13/h1-3,5-6,8-9,11,17-18,21H,4,7,10,12H2/t17-,18-/m0/s1. The van der Waals surface area contributed by atoms with E-state index in [1.807, 2.05) is 29.2 Å². The third kappa shape index (κ3) is 2.70. The number of hydrogen-bond acceptors (Lipinski definition) is 2. The number of nitrogens with zero attached hydrogens (tertiary/aromatic N) is 1. The Hall–Kier alpha value is -2.00. The molecule has 2 aromatic carbocycles.